The van der Waals surface area contributed by atoms with E-state index in [-0.39, 0.29) is 0 Å². The second kappa shape index (κ2) is 6.35. The zero-order chi connectivity index (χ0) is 13.8. The fourth-order valence-electron chi connectivity index (χ4n) is 2.21. The van der Waals surface area contributed by atoms with Crippen molar-refractivity contribution >= 4 is 15.9 Å². The largest absolute Gasteiger partial charge is 0.313 e. The van der Waals surface area contributed by atoms with Gasteiger partial charge in [0.25, 0.3) is 0 Å². The average Bonchev–Trinajstić information content (AvgIpc) is 2.86. The summed E-state index contributed by atoms with van der Waals surface area (Å²) < 4.78 is 3.30. The molecule has 102 valence electrons. The minimum absolute atomic E-state index is 0.296. The lowest BCUT2D eigenvalue weighted by atomic mass is 10.1. The Labute approximate surface area is 123 Å². The topological polar surface area (TPSA) is 29.9 Å². The van der Waals surface area contributed by atoms with Crippen molar-refractivity contribution in [2.75, 3.05) is 7.05 Å². The van der Waals surface area contributed by atoms with Crippen LogP contribution in [-0.2, 0) is 6.42 Å². The maximum Gasteiger partial charge on any atom is 0.113 e. The number of hydrogen-bond donors (Lipinski definition) is 1. The van der Waals surface area contributed by atoms with Crippen molar-refractivity contribution in [3.05, 3.63) is 46.5 Å². The first-order valence-corrected chi connectivity index (χ1v) is 7.46. The maximum absolute atomic E-state index is 4.46. The molecule has 0 saturated heterocycles. The Hall–Kier alpha value is -1.13. The number of rotatable bonds is 5. The van der Waals surface area contributed by atoms with E-state index in [9.17, 15) is 0 Å². The van der Waals surface area contributed by atoms with Gasteiger partial charge in [-0.2, -0.15) is 0 Å². The summed E-state index contributed by atoms with van der Waals surface area (Å²) in [5, 5.41) is 3.31. The van der Waals surface area contributed by atoms with E-state index in [1.165, 1.54) is 11.3 Å². The molecular weight excluding hydrogens is 302 g/mol. The number of benzene rings is 1. The number of halogens is 1. The van der Waals surface area contributed by atoms with Crippen LogP contribution >= 0.6 is 15.9 Å². The van der Waals surface area contributed by atoms with Crippen molar-refractivity contribution in [1.82, 2.24) is 14.9 Å². The highest BCUT2D eigenvalue weighted by atomic mass is 79.9. The summed E-state index contributed by atoms with van der Waals surface area (Å²) in [7, 11) is 1.98. The van der Waals surface area contributed by atoms with E-state index in [1.54, 1.807) is 0 Å². The van der Waals surface area contributed by atoms with E-state index >= 15 is 0 Å². The zero-order valence-corrected chi connectivity index (χ0v) is 13.2. The average molecular weight is 322 g/mol. The van der Waals surface area contributed by atoms with Gasteiger partial charge >= 0.3 is 0 Å². The Morgan fingerprint density at radius 2 is 2.21 bits per heavy atom. The summed E-state index contributed by atoms with van der Waals surface area (Å²) in [5.41, 5.74) is 2.47. The molecule has 2 aromatic rings. The van der Waals surface area contributed by atoms with Gasteiger partial charge in [0.15, 0.2) is 0 Å². The molecule has 0 aliphatic rings. The third-order valence-corrected chi connectivity index (χ3v) is 3.83. The first-order valence-electron chi connectivity index (χ1n) is 6.66. The van der Waals surface area contributed by atoms with Crippen LogP contribution in [0.1, 0.15) is 37.7 Å². The third-order valence-electron chi connectivity index (χ3n) is 3.34. The number of nitrogens with zero attached hydrogens (tertiary/aromatic N) is 2. The third kappa shape index (κ3) is 3.07. The predicted octanol–water partition coefficient (Wildman–Crippen LogP) is 3.87. The summed E-state index contributed by atoms with van der Waals surface area (Å²) >= 11 is 3.55. The van der Waals surface area contributed by atoms with Gasteiger partial charge in [0.2, 0.25) is 0 Å². The van der Waals surface area contributed by atoms with E-state index in [1.807, 2.05) is 19.4 Å². The van der Waals surface area contributed by atoms with E-state index in [0.29, 0.717) is 6.04 Å². The van der Waals surface area contributed by atoms with Crippen molar-refractivity contribution < 1.29 is 0 Å². The van der Waals surface area contributed by atoms with Crippen molar-refractivity contribution in [3.8, 4) is 5.69 Å². The number of aryl methyl sites for hydroxylation is 1. The summed E-state index contributed by atoms with van der Waals surface area (Å²) in [5.74, 6) is 1.12. The number of imidazole rings is 1. The van der Waals surface area contributed by atoms with E-state index in [4.69, 9.17) is 0 Å². The van der Waals surface area contributed by atoms with Crippen LogP contribution in [0.15, 0.2) is 35.1 Å². The lowest BCUT2D eigenvalue weighted by molar-refractivity contribution is 0.645. The Morgan fingerprint density at radius 3 is 2.89 bits per heavy atom. The normalized spacial score (nSPS) is 12.6. The predicted molar refractivity (Wildman–Crippen MR) is 82.7 cm³/mol. The molecule has 1 atom stereocenters. The van der Waals surface area contributed by atoms with Gasteiger partial charge < -0.3 is 9.88 Å². The quantitative estimate of drug-likeness (QED) is 0.906. The molecule has 1 unspecified atom stereocenters. The Bertz CT molecular complexity index is 548. The molecule has 2 rings (SSSR count). The maximum atomic E-state index is 4.46. The molecule has 1 aromatic heterocycles. The number of aromatic nitrogens is 2. The second-order valence-electron chi connectivity index (χ2n) is 4.68. The minimum atomic E-state index is 0.296. The Kier molecular flexibility index (Phi) is 4.77. The standard InChI is InChI=1S/C15H20BrN3/c1-4-5-15-18-8-9-19(15)14-7-6-12(16)10-13(14)11(2)17-3/h6-11,17H,4-5H2,1-3H3. The Morgan fingerprint density at radius 1 is 1.42 bits per heavy atom. The van der Waals surface area contributed by atoms with Crippen LogP contribution in [0.25, 0.3) is 5.69 Å². The van der Waals surface area contributed by atoms with Crippen LogP contribution in [-0.4, -0.2) is 16.6 Å². The van der Waals surface area contributed by atoms with Gasteiger partial charge in [0.05, 0.1) is 5.69 Å². The zero-order valence-electron chi connectivity index (χ0n) is 11.7. The second-order valence-corrected chi connectivity index (χ2v) is 5.59. The monoisotopic (exact) mass is 321 g/mol. The number of hydrogen-bond acceptors (Lipinski definition) is 2. The Balaban J connectivity index is 2.51. The van der Waals surface area contributed by atoms with Gasteiger partial charge in [-0.05, 0) is 44.2 Å². The van der Waals surface area contributed by atoms with Crippen LogP contribution in [0.3, 0.4) is 0 Å². The molecule has 1 aromatic carbocycles. The van der Waals surface area contributed by atoms with Crippen LogP contribution in [0, 0.1) is 0 Å². The molecule has 0 amide bonds. The van der Waals surface area contributed by atoms with E-state index < -0.39 is 0 Å². The van der Waals surface area contributed by atoms with Gasteiger partial charge in [-0.15, -0.1) is 0 Å². The fraction of sp³-hybridized carbons (Fsp3) is 0.400. The highest BCUT2D eigenvalue weighted by Gasteiger charge is 2.13. The van der Waals surface area contributed by atoms with Crippen LogP contribution in [0.4, 0.5) is 0 Å². The molecule has 0 aliphatic heterocycles. The molecule has 0 spiro atoms. The highest BCUT2D eigenvalue weighted by molar-refractivity contribution is 9.10. The molecule has 0 aliphatic carbocycles. The molecule has 4 heteroatoms. The van der Waals surface area contributed by atoms with E-state index in [0.717, 1.165) is 23.1 Å². The van der Waals surface area contributed by atoms with Gasteiger partial charge in [0.1, 0.15) is 5.82 Å². The van der Waals surface area contributed by atoms with Crippen molar-refractivity contribution in [1.29, 1.82) is 0 Å². The summed E-state index contributed by atoms with van der Waals surface area (Å²) in [6.45, 7) is 4.35. The summed E-state index contributed by atoms with van der Waals surface area (Å²) in [6, 6.07) is 6.70. The molecule has 0 radical (unpaired) electrons. The molecule has 0 bridgehead atoms. The van der Waals surface area contributed by atoms with Crippen LogP contribution < -0.4 is 5.32 Å². The molecule has 19 heavy (non-hydrogen) atoms. The molecular formula is C15H20BrN3. The molecule has 1 N–H and O–H groups in total. The summed E-state index contributed by atoms with van der Waals surface area (Å²) in [4.78, 5) is 4.46. The SMILES string of the molecule is CCCc1nccn1-c1ccc(Br)cc1C(C)NC. The lowest BCUT2D eigenvalue weighted by Gasteiger charge is -2.18. The van der Waals surface area contributed by atoms with Crippen molar-refractivity contribution in [2.45, 2.75) is 32.7 Å². The first-order chi connectivity index (χ1) is 9.17. The highest BCUT2D eigenvalue weighted by Crippen LogP contribution is 2.26. The first kappa shape index (κ1) is 14.3. The lowest BCUT2D eigenvalue weighted by Crippen LogP contribution is -2.15. The molecule has 0 fully saturated rings. The molecule has 0 saturated carbocycles. The van der Waals surface area contributed by atoms with E-state index in [2.05, 4.69) is 62.8 Å². The van der Waals surface area contributed by atoms with Crippen molar-refractivity contribution in [2.24, 2.45) is 0 Å². The smallest absolute Gasteiger partial charge is 0.113 e. The van der Waals surface area contributed by atoms with Crippen molar-refractivity contribution in [3.63, 3.8) is 0 Å². The van der Waals surface area contributed by atoms with Gasteiger partial charge in [-0.1, -0.05) is 22.9 Å². The van der Waals surface area contributed by atoms with Crippen LogP contribution in [0.5, 0.6) is 0 Å². The minimum Gasteiger partial charge on any atom is -0.313 e. The van der Waals surface area contributed by atoms with Gasteiger partial charge in [-0.25, -0.2) is 4.98 Å². The van der Waals surface area contributed by atoms with Gasteiger partial charge in [0, 0.05) is 29.3 Å². The molecule has 3 nitrogen and oxygen atoms in total. The molecule has 1 heterocycles. The summed E-state index contributed by atoms with van der Waals surface area (Å²) in [6.07, 6.45) is 6.02. The van der Waals surface area contributed by atoms with Gasteiger partial charge in [-0.3, -0.25) is 0 Å². The number of nitrogens with one attached hydrogen (secondary N) is 1. The van der Waals surface area contributed by atoms with Crippen LogP contribution in [0.2, 0.25) is 0 Å². The fourth-order valence-corrected chi connectivity index (χ4v) is 2.59.